The van der Waals surface area contributed by atoms with E-state index in [0.717, 1.165) is 5.56 Å². The van der Waals surface area contributed by atoms with Gasteiger partial charge in [0.2, 0.25) is 0 Å². The number of aromatic nitrogens is 1. The van der Waals surface area contributed by atoms with E-state index in [4.69, 9.17) is 4.74 Å². The summed E-state index contributed by atoms with van der Waals surface area (Å²) in [6, 6.07) is 1.50. The zero-order valence-electron chi connectivity index (χ0n) is 14.4. The Kier molecular flexibility index (Phi) is 5.98. The minimum atomic E-state index is -0.428. The molecule has 0 aromatic carbocycles. The number of aryl methyl sites for hydroxylation is 1. The van der Waals surface area contributed by atoms with E-state index >= 15 is 0 Å². The van der Waals surface area contributed by atoms with Crippen LogP contribution in [0, 0.1) is 6.92 Å². The summed E-state index contributed by atoms with van der Waals surface area (Å²) < 4.78 is 20.7. The Morgan fingerprint density at radius 3 is 2.96 bits per heavy atom. The third-order valence-electron chi connectivity index (χ3n) is 3.84. The molecule has 2 heterocycles. The number of hydrogen-bond donors (Lipinski definition) is 0. The Hall–Kier alpha value is -2.34. The summed E-state index contributed by atoms with van der Waals surface area (Å²) in [7, 11) is 1.65. The van der Waals surface area contributed by atoms with Crippen molar-refractivity contribution in [2.24, 2.45) is 9.98 Å². The van der Waals surface area contributed by atoms with Crippen molar-refractivity contribution in [3.8, 4) is 0 Å². The van der Waals surface area contributed by atoms with Gasteiger partial charge in [-0.1, -0.05) is 6.08 Å². The lowest BCUT2D eigenvalue weighted by molar-refractivity contribution is 0.142. The van der Waals surface area contributed by atoms with Crippen molar-refractivity contribution in [3.05, 3.63) is 51.2 Å². The van der Waals surface area contributed by atoms with Crippen molar-refractivity contribution in [1.82, 2.24) is 4.57 Å². The minimum absolute atomic E-state index is 0.112. The van der Waals surface area contributed by atoms with Crippen LogP contribution in [0.1, 0.15) is 36.7 Å². The van der Waals surface area contributed by atoms with Gasteiger partial charge in [0.05, 0.1) is 36.9 Å². The summed E-state index contributed by atoms with van der Waals surface area (Å²) in [5, 5.41) is 0. The van der Waals surface area contributed by atoms with Crippen LogP contribution in [0.15, 0.2) is 38.8 Å². The minimum Gasteiger partial charge on any atom is -0.371 e. The molecule has 24 heavy (non-hydrogen) atoms. The Morgan fingerprint density at radius 2 is 2.29 bits per heavy atom. The lowest BCUT2D eigenvalue weighted by atomic mass is 10.0. The fourth-order valence-corrected chi connectivity index (χ4v) is 2.59. The van der Waals surface area contributed by atoms with Gasteiger partial charge in [0, 0.05) is 18.8 Å². The maximum Gasteiger partial charge on any atom is 0.258 e. The maximum atomic E-state index is 13.5. The highest BCUT2D eigenvalue weighted by Gasteiger charge is 2.19. The van der Waals surface area contributed by atoms with Gasteiger partial charge in [-0.15, -0.1) is 0 Å². The first-order chi connectivity index (χ1) is 11.5. The zero-order valence-corrected chi connectivity index (χ0v) is 14.4. The normalized spacial score (nSPS) is 22.8. The molecule has 1 aliphatic heterocycles. The molecule has 0 bridgehead atoms. The van der Waals surface area contributed by atoms with Gasteiger partial charge in [0.25, 0.3) is 5.56 Å². The molecule has 0 amide bonds. The lowest BCUT2D eigenvalue weighted by Crippen LogP contribution is -2.28. The molecule has 1 aliphatic rings. The van der Waals surface area contributed by atoms with E-state index in [-0.39, 0.29) is 24.8 Å². The van der Waals surface area contributed by atoms with Crippen LogP contribution in [-0.2, 0) is 11.3 Å². The number of rotatable bonds is 2. The number of fused-ring (bicyclic) bond motifs is 1. The summed E-state index contributed by atoms with van der Waals surface area (Å²) in [6.45, 7) is 5.76. The molecular weight excluding hydrogens is 309 g/mol. The van der Waals surface area contributed by atoms with Crippen LogP contribution in [0.2, 0.25) is 0 Å². The number of nitrogens with zero attached hydrogens (tertiary/aromatic N) is 3. The van der Waals surface area contributed by atoms with E-state index in [9.17, 15) is 9.18 Å². The largest absolute Gasteiger partial charge is 0.371 e. The number of allylic oxidation sites excluding steroid dienone is 3. The number of hydrogen-bond acceptors (Lipinski definition) is 4. The number of ether oxygens (including phenoxy) is 1. The van der Waals surface area contributed by atoms with E-state index < -0.39 is 5.83 Å². The van der Waals surface area contributed by atoms with Gasteiger partial charge in [-0.3, -0.25) is 19.3 Å². The predicted octanol–water partition coefficient (Wildman–Crippen LogP) is 3.23. The van der Waals surface area contributed by atoms with Gasteiger partial charge < -0.3 is 4.74 Å². The van der Waals surface area contributed by atoms with E-state index in [1.54, 1.807) is 30.8 Å². The highest BCUT2D eigenvalue weighted by molar-refractivity contribution is 6.02. The van der Waals surface area contributed by atoms with Gasteiger partial charge in [-0.2, -0.15) is 0 Å². The van der Waals surface area contributed by atoms with Gasteiger partial charge in [0.1, 0.15) is 5.83 Å². The molecule has 0 radical (unpaired) electrons. The predicted molar refractivity (Wildman–Crippen MR) is 95.6 cm³/mol. The topological polar surface area (TPSA) is 56.0 Å². The van der Waals surface area contributed by atoms with Crippen molar-refractivity contribution < 1.29 is 9.13 Å². The molecule has 5 nitrogen and oxygen atoms in total. The van der Waals surface area contributed by atoms with E-state index in [1.807, 2.05) is 19.9 Å². The molecule has 1 aromatic heterocycles. The van der Waals surface area contributed by atoms with Crippen molar-refractivity contribution in [2.45, 2.75) is 33.4 Å². The Labute approximate surface area is 140 Å². The molecule has 0 saturated heterocycles. The highest BCUT2D eigenvalue weighted by Crippen LogP contribution is 2.24. The van der Waals surface area contributed by atoms with Crippen molar-refractivity contribution in [3.63, 3.8) is 0 Å². The van der Waals surface area contributed by atoms with E-state index in [0.29, 0.717) is 17.0 Å². The molecule has 0 spiro atoms. The number of aliphatic imine (C=N–C) groups is 2. The van der Waals surface area contributed by atoms with Crippen LogP contribution in [0.5, 0.6) is 0 Å². The Balaban J connectivity index is 2.73. The quantitative estimate of drug-likeness (QED) is 0.781. The van der Waals surface area contributed by atoms with E-state index in [2.05, 4.69) is 9.98 Å². The molecule has 0 fully saturated rings. The molecule has 0 saturated carbocycles. The first-order valence-corrected chi connectivity index (χ1v) is 7.80. The Bertz CT molecular complexity index is 788. The molecular formula is C18H22FN3O2. The number of pyridine rings is 1. The van der Waals surface area contributed by atoms with Crippen molar-refractivity contribution in [1.29, 1.82) is 0 Å². The third-order valence-corrected chi connectivity index (χ3v) is 3.84. The molecule has 0 aliphatic carbocycles. The second-order valence-corrected chi connectivity index (χ2v) is 5.53. The summed E-state index contributed by atoms with van der Waals surface area (Å²) in [5.74, 6) is -0.428. The molecule has 1 unspecified atom stereocenters. The number of halogens is 1. The van der Waals surface area contributed by atoms with Crippen molar-refractivity contribution >= 4 is 18.1 Å². The average molecular weight is 331 g/mol. The zero-order chi connectivity index (χ0) is 17.7. The van der Waals surface area contributed by atoms with Crippen LogP contribution in [0.3, 0.4) is 0 Å². The van der Waals surface area contributed by atoms with Gasteiger partial charge in [-0.25, -0.2) is 4.39 Å². The van der Waals surface area contributed by atoms with Gasteiger partial charge in [0.15, 0.2) is 0 Å². The van der Waals surface area contributed by atoms with Crippen LogP contribution in [-0.4, -0.2) is 30.7 Å². The molecule has 128 valence electrons. The highest BCUT2D eigenvalue weighted by atomic mass is 19.1. The average Bonchev–Trinajstić information content (AvgIpc) is 2.57. The van der Waals surface area contributed by atoms with Crippen LogP contribution in [0.25, 0.3) is 5.70 Å². The summed E-state index contributed by atoms with van der Waals surface area (Å²) >= 11 is 0. The summed E-state index contributed by atoms with van der Waals surface area (Å²) in [4.78, 5) is 21.0. The summed E-state index contributed by atoms with van der Waals surface area (Å²) in [6.07, 6.45) is 5.97. The van der Waals surface area contributed by atoms with Crippen LogP contribution >= 0.6 is 0 Å². The summed E-state index contributed by atoms with van der Waals surface area (Å²) in [5.41, 5.74) is 2.68. The molecule has 1 atom stereocenters. The second kappa shape index (κ2) is 7.97. The SMILES string of the molecule is C/C=C(\C=N/C)n1c2c(cc(C)c1=O)C(C)/N=C\C(F)=C/COC2. The fourth-order valence-electron chi connectivity index (χ4n) is 2.59. The first-order valence-electron chi connectivity index (χ1n) is 7.80. The molecule has 6 heteroatoms. The van der Waals surface area contributed by atoms with Crippen LogP contribution in [0.4, 0.5) is 4.39 Å². The van der Waals surface area contributed by atoms with Crippen LogP contribution < -0.4 is 5.56 Å². The monoisotopic (exact) mass is 331 g/mol. The van der Waals surface area contributed by atoms with Gasteiger partial charge >= 0.3 is 0 Å². The second-order valence-electron chi connectivity index (χ2n) is 5.53. The smallest absolute Gasteiger partial charge is 0.258 e. The fraction of sp³-hybridized carbons (Fsp3) is 0.389. The van der Waals surface area contributed by atoms with Crippen molar-refractivity contribution in [2.75, 3.05) is 13.7 Å². The molecule has 0 N–H and O–H groups in total. The van der Waals surface area contributed by atoms with Gasteiger partial charge in [-0.05, 0) is 38.5 Å². The van der Waals surface area contributed by atoms with E-state index in [1.165, 1.54) is 12.3 Å². The third kappa shape index (κ3) is 3.76. The molecule has 1 aromatic rings. The first kappa shape index (κ1) is 18.0. The molecule has 2 rings (SSSR count). The Morgan fingerprint density at radius 1 is 1.54 bits per heavy atom. The standard InChI is InChI=1S/C18H22FN3O2/c1-5-15(10-20-4)22-17-11-24-7-6-14(19)9-21-13(3)16(17)8-12(2)18(22)23/h5-6,8-10,13H,7,11H2,1-4H3/b14-6+,15-5+,20-10-,21-9-. The lowest BCUT2D eigenvalue weighted by Gasteiger charge is -2.21. The maximum absolute atomic E-state index is 13.5.